The zero-order valence-corrected chi connectivity index (χ0v) is 16.9. The summed E-state index contributed by atoms with van der Waals surface area (Å²) in [7, 11) is 0. The van der Waals surface area contributed by atoms with Gasteiger partial charge in [0.05, 0.1) is 10.2 Å². The van der Waals surface area contributed by atoms with Crippen LogP contribution in [-0.4, -0.2) is 17.1 Å². The Morgan fingerprint density at radius 2 is 1.93 bits per heavy atom. The second-order valence-electron chi connectivity index (χ2n) is 6.43. The van der Waals surface area contributed by atoms with E-state index in [9.17, 15) is 9.59 Å². The monoisotopic (exact) mass is 418 g/mol. The Morgan fingerprint density at radius 1 is 1.07 bits per heavy atom. The molecule has 0 aliphatic carbocycles. The maximum Gasteiger partial charge on any atom is 0.349 e. The number of rotatable bonds is 3. The number of hydrogen-bond donors (Lipinski definition) is 1. The third-order valence-corrected chi connectivity index (χ3v) is 6.41. The number of amides is 1. The fraction of sp³-hybridized carbons (Fsp3) is 0.0455. The molecule has 0 atom stereocenters. The maximum atomic E-state index is 12.8. The summed E-state index contributed by atoms with van der Waals surface area (Å²) in [4.78, 5) is 30.8. The van der Waals surface area contributed by atoms with Crippen LogP contribution in [0.25, 0.3) is 32.0 Å². The molecule has 142 valence electrons. The van der Waals surface area contributed by atoms with Crippen molar-refractivity contribution in [2.24, 2.45) is 0 Å². The summed E-state index contributed by atoms with van der Waals surface area (Å²) >= 11 is 2.97. The number of anilines is 1. The number of nitrogens with one attached hydrogen (secondary N) is 1. The van der Waals surface area contributed by atoms with Crippen molar-refractivity contribution in [1.82, 2.24) is 4.98 Å². The Hall–Kier alpha value is -3.16. The van der Waals surface area contributed by atoms with Gasteiger partial charge in [-0.3, -0.25) is 10.1 Å². The van der Waals surface area contributed by atoms with E-state index in [0.717, 1.165) is 31.3 Å². The molecular weight excluding hydrogens is 404 g/mol. The second-order valence-corrected chi connectivity index (χ2v) is 8.30. The van der Waals surface area contributed by atoms with E-state index in [-0.39, 0.29) is 5.56 Å². The Labute approximate surface area is 173 Å². The topological polar surface area (TPSA) is 72.2 Å². The predicted octanol–water partition coefficient (Wildman–Crippen LogP) is 5.53. The summed E-state index contributed by atoms with van der Waals surface area (Å²) in [5.74, 6) is -0.529. The molecule has 5 aromatic rings. The molecule has 0 aliphatic rings. The van der Waals surface area contributed by atoms with Crippen molar-refractivity contribution in [3.8, 4) is 0 Å². The smallest absolute Gasteiger partial charge is 0.349 e. The van der Waals surface area contributed by atoms with Gasteiger partial charge in [0.25, 0.3) is 5.91 Å². The lowest BCUT2D eigenvalue weighted by atomic mass is 10.0. The van der Waals surface area contributed by atoms with Gasteiger partial charge in [-0.1, -0.05) is 47.7 Å². The SMILES string of the molecule is CSc1cccc2sc(NC(=O)c3cc4c(ccc5ccccc54)oc3=O)nc12. The molecule has 29 heavy (non-hydrogen) atoms. The van der Waals surface area contributed by atoms with Crippen molar-refractivity contribution in [2.45, 2.75) is 4.90 Å². The highest BCUT2D eigenvalue weighted by Gasteiger charge is 2.17. The third-order valence-electron chi connectivity index (χ3n) is 4.71. The van der Waals surface area contributed by atoms with Gasteiger partial charge in [-0.05, 0) is 41.3 Å². The number of nitrogens with zero attached hydrogens (tertiary/aromatic N) is 1. The minimum atomic E-state index is -0.670. The molecule has 0 spiro atoms. The van der Waals surface area contributed by atoms with Crippen LogP contribution in [0, 0.1) is 0 Å². The summed E-state index contributed by atoms with van der Waals surface area (Å²) in [6.45, 7) is 0. The predicted molar refractivity (Wildman–Crippen MR) is 119 cm³/mol. The number of fused-ring (bicyclic) bond motifs is 4. The number of thiazole rings is 1. The van der Waals surface area contributed by atoms with Crippen molar-refractivity contribution >= 4 is 66.1 Å². The Balaban J connectivity index is 1.58. The van der Waals surface area contributed by atoms with Gasteiger partial charge in [0.2, 0.25) is 0 Å². The van der Waals surface area contributed by atoms with Crippen LogP contribution in [-0.2, 0) is 0 Å². The van der Waals surface area contributed by atoms with Gasteiger partial charge in [0.15, 0.2) is 5.13 Å². The van der Waals surface area contributed by atoms with Gasteiger partial charge in [0.1, 0.15) is 11.1 Å². The van der Waals surface area contributed by atoms with Crippen molar-refractivity contribution in [2.75, 3.05) is 11.6 Å². The van der Waals surface area contributed by atoms with Crippen LogP contribution in [0.1, 0.15) is 10.4 Å². The van der Waals surface area contributed by atoms with Gasteiger partial charge in [-0.25, -0.2) is 9.78 Å². The van der Waals surface area contributed by atoms with Gasteiger partial charge < -0.3 is 4.42 Å². The van der Waals surface area contributed by atoms with E-state index in [2.05, 4.69) is 10.3 Å². The van der Waals surface area contributed by atoms with Crippen LogP contribution >= 0.6 is 23.1 Å². The molecule has 0 radical (unpaired) electrons. The largest absolute Gasteiger partial charge is 0.422 e. The Morgan fingerprint density at radius 3 is 2.79 bits per heavy atom. The molecule has 0 aliphatic heterocycles. The molecule has 0 bridgehead atoms. The van der Waals surface area contributed by atoms with E-state index in [1.54, 1.807) is 23.9 Å². The molecular formula is C22H14N2O3S2. The highest BCUT2D eigenvalue weighted by Crippen LogP contribution is 2.32. The number of carbonyl (C=O) groups is 1. The first-order valence-corrected chi connectivity index (χ1v) is 10.9. The zero-order chi connectivity index (χ0) is 20.0. The highest BCUT2D eigenvalue weighted by atomic mass is 32.2. The van der Waals surface area contributed by atoms with Crippen LogP contribution in [0.2, 0.25) is 0 Å². The van der Waals surface area contributed by atoms with Crippen molar-refractivity contribution < 1.29 is 9.21 Å². The maximum absolute atomic E-state index is 12.8. The number of hydrogen-bond acceptors (Lipinski definition) is 6. The minimum Gasteiger partial charge on any atom is -0.422 e. The number of aromatic nitrogens is 1. The summed E-state index contributed by atoms with van der Waals surface area (Å²) in [5, 5.41) is 5.86. The molecule has 0 fully saturated rings. The fourth-order valence-electron chi connectivity index (χ4n) is 3.34. The molecule has 2 aromatic heterocycles. The van der Waals surface area contributed by atoms with E-state index in [1.807, 2.05) is 54.8 Å². The molecule has 2 heterocycles. The first-order valence-electron chi connectivity index (χ1n) is 8.84. The van der Waals surface area contributed by atoms with Crippen LogP contribution in [0.3, 0.4) is 0 Å². The average Bonchev–Trinajstić information content (AvgIpc) is 3.15. The van der Waals surface area contributed by atoms with Crippen LogP contribution in [0.4, 0.5) is 5.13 Å². The number of para-hydroxylation sites is 1. The molecule has 0 saturated heterocycles. The molecule has 7 heteroatoms. The molecule has 3 aromatic carbocycles. The molecule has 1 N–H and O–H groups in total. The lowest BCUT2D eigenvalue weighted by Crippen LogP contribution is -2.20. The summed E-state index contributed by atoms with van der Waals surface area (Å²) in [6, 6.07) is 18.9. The zero-order valence-electron chi connectivity index (χ0n) is 15.3. The van der Waals surface area contributed by atoms with E-state index in [0.29, 0.717) is 10.7 Å². The second kappa shape index (κ2) is 7.02. The lowest BCUT2D eigenvalue weighted by molar-refractivity contribution is 0.102. The lowest BCUT2D eigenvalue weighted by Gasteiger charge is -2.05. The third kappa shape index (κ3) is 3.08. The summed E-state index contributed by atoms with van der Waals surface area (Å²) < 4.78 is 6.39. The molecule has 5 rings (SSSR count). The van der Waals surface area contributed by atoms with Crippen LogP contribution in [0.5, 0.6) is 0 Å². The van der Waals surface area contributed by atoms with Crippen molar-refractivity contribution in [3.05, 3.63) is 76.6 Å². The molecule has 0 saturated carbocycles. The Bertz CT molecular complexity index is 1470. The van der Waals surface area contributed by atoms with Gasteiger partial charge in [-0.15, -0.1) is 11.8 Å². The van der Waals surface area contributed by atoms with Gasteiger partial charge >= 0.3 is 5.63 Å². The van der Waals surface area contributed by atoms with Crippen molar-refractivity contribution in [1.29, 1.82) is 0 Å². The number of thioether (sulfide) groups is 1. The first kappa shape index (κ1) is 17.9. The molecule has 0 unspecified atom stereocenters. The first-order chi connectivity index (χ1) is 14.1. The molecule has 1 amide bonds. The van der Waals surface area contributed by atoms with Crippen molar-refractivity contribution in [3.63, 3.8) is 0 Å². The van der Waals surface area contributed by atoms with Gasteiger partial charge in [0, 0.05) is 10.3 Å². The quantitative estimate of drug-likeness (QED) is 0.237. The van der Waals surface area contributed by atoms with E-state index in [4.69, 9.17) is 4.42 Å². The standard InChI is InChI=1S/C22H14N2O3S2/c1-28-17-7-4-8-18-19(17)23-22(29-18)24-20(25)15-11-14-13-6-3-2-5-12(13)9-10-16(14)27-21(15)26/h2-11H,1H3,(H,23,24,25). The number of benzene rings is 3. The highest BCUT2D eigenvalue weighted by molar-refractivity contribution is 7.98. The number of carbonyl (C=O) groups excluding carboxylic acids is 1. The van der Waals surface area contributed by atoms with E-state index < -0.39 is 11.5 Å². The fourth-order valence-corrected chi connectivity index (χ4v) is 4.85. The van der Waals surface area contributed by atoms with E-state index >= 15 is 0 Å². The normalized spacial score (nSPS) is 11.3. The minimum absolute atomic E-state index is 0.0433. The summed E-state index contributed by atoms with van der Waals surface area (Å²) in [5.41, 5.74) is 0.584. The summed E-state index contributed by atoms with van der Waals surface area (Å²) in [6.07, 6.45) is 1.98. The Kier molecular flexibility index (Phi) is 4.34. The molecule has 5 nitrogen and oxygen atoms in total. The average molecular weight is 418 g/mol. The van der Waals surface area contributed by atoms with Crippen LogP contribution < -0.4 is 10.9 Å². The van der Waals surface area contributed by atoms with Gasteiger partial charge in [-0.2, -0.15) is 0 Å². The van der Waals surface area contributed by atoms with Crippen LogP contribution in [0.15, 0.2) is 74.8 Å². The van der Waals surface area contributed by atoms with E-state index in [1.165, 1.54) is 11.3 Å².